The zero-order valence-electron chi connectivity index (χ0n) is 10.0. The Morgan fingerprint density at radius 3 is 2.75 bits per heavy atom. The first kappa shape index (κ1) is 11.2. The summed E-state index contributed by atoms with van der Waals surface area (Å²) in [5, 5.41) is 0. The van der Waals surface area contributed by atoms with Crippen molar-refractivity contribution in [1.82, 2.24) is 9.88 Å². The number of nitrogens with zero attached hydrogens (tertiary/aromatic N) is 3. The van der Waals surface area contributed by atoms with Gasteiger partial charge in [-0.2, -0.15) is 0 Å². The van der Waals surface area contributed by atoms with Crippen LogP contribution in [0.2, 0.25) is 0 Å². The van der Waals surface area contributed by atoms with Gasteiger partial charge in [-0.15, -0.1) is 0 Å². The van der Waals surface area contributed by atoms with Crippen LogP contribution in [0.5, 0.6) is 5.75 Å². The van der Waals surface area contributed by atoms with Crippen LogP contribution in [0.1, 0.15) is 6.92 Å². The van der Waals surface area contributed by atoms with Crippen molar-refractivity contribution >= 4 is 5.82 Å². The second-order valence-electron chi connectivity index (χ2n) is 4.07. The van der Waals surface area contributed by atoms with Gasteiger partial charge in [0, 0.05) is 38.4 Å². The highest BCUT2D eigenvalue weighted by Crippen LogP contribution is 2.19. The van der Waals surface area contributed by atoms with Crippen LogP contribution in [0.4, 0.5) is 5.82 Å². The van der Waals surface area contributed by atoms with Gasteiger partial charge >= 0.3 is 0 Å². The summed E-state index contributed by atoms with van der Waals surface area (Å²) in [7, 11) is 2.15. The van der Waals surface area contributed by atoms with Crippen molar-refractivity contribution in [3.05, 3.63) is 18.3 Å². The molecule has 4 nitrogen and oxygen atoms in total. The van der Waals surface area contributed by atoms with Gasteiger partial charge in [0.2, 0.25) is 0 Å². The van der Waals surface area contributed by atoms with Crippen molar-refractivity contribution in [2.45, 2.75) is 6.92 Å². The minimum absolute atomic E-state index is 0.701. The van der Waals surface area contributed by atoms with Crippen LogP contribution in [-0.2, 0) is 0 Å². The van der Waals surface area contributed by atoms with E-state index in [1.807, 2.05) is 25.3 Å². The Bertz CT molecular complexity index is 335. The van der Waals surface area contributed by atoms with Crippen molar-refractivity contribution in [2.24, 2.45) is 0 Å². The van der Waals surface area contributed by atoms with Gasteiger partial charge < -0.3 is 14.5 Å². The highest BCUT2D eigenvalue weighted by atomic mass is 16.5. The van der Waals surface area contributed by atoms with E-state index in [-0.39, 0.29) is 0 Å². The molecule has 1 saturated heterocycles. The Balaban J connectivity index is 2.05. The van der Waals surface area contributed by atoms with Gasteiger partial charge in [0.25, 0.3) is 0 Å². The number of anilines is 1. The lowest BCUT2D eigenvalue weighted by Gasteiger charge is -2.33. The summed E-state index contributed by atoms with van der Waals surface area (Å²) in [6.45, 7) is 6.97. The maximum Gasteiger partial charge on any atom is 0.132 e. The maximum absolute atomic E-state index is 5.48. The van der Waals surface area contributed by atoms with Crippen LogP contribution >= 0.6 is 0 Å². The molecular formula is C12H19N3O. The van der Waals surface area contributed by atoms with Gasteiger partial charge in [-0.05, 0) is 20.0 Å². The monoisotopic (exact) mass is 221 g/mol. The molecule has 4 heteroatoms. The molecule has 0 amide bonds. The van der Waals surface area contributed by atoms with Crippen molar-refractivity contribution in [2.75, 3.05) is 44.7 Å². The van der Waals surface area contributed by atoms with Crippen molar-refractivity contribution < 1.29 is 4.74 Å². The van der Waals surface area contributed by atoms with E-state index in [1.165, 1.54) is 0 Å². The largest absolute Gasteiger partial charge is 0.494 e. The van der Waals surface area contributed by atoms with Crippen LogP contribution in [0, 0.1) is 0 Å². The molecule has 1 fully saturated rings. The minimum Gasteiger partial charge on any atom is -0.494 e. The third kappa shape index (κ3) is 2.64. The van der Waals surface area contributed by atoms with E-state index >= 15 is 0 Å². The summed E-state index contributed by atoms with van der Waals surface area (Å²) in [5.41, 5.74) is 0. The molecule has 0 spiro atoms. The van der Waals surface area contributed by atoms with Crippen molar-refractivity contribution in [1.29, 1.82) is 0 Å². The molecule has 1 aromatic rings. The molecule has 1 aliphatic rings. The maximum atomic E-state index is 5.48. The summed E-state index contributed by atoms with van der Waals surface area (Å²) in [6, 6.07) is 3.93. The Hall–Kier alpha value is -1.29. The first-order valence-corrected chi connectivity index (χ1v) is 5.82. The Labute approximate surface area is 96.8 Å². The third-order valence-corrected chi connectivity index (χ3v) is 2.86. The number of hydrogen-bond acceptors (Lipinski definition) is 4. The zero-order chi connectivity index (χ0) is 11.4. The standard InChI is InChI=1S/C12H19N3O/c1-3-16-11-4-5-13-12(10-11)15-8-6-14(2)7-9-15/h4-5,10H,3,6-9H2,1-2H3. The van der Waals surface area contributed by atoms with Crippen molar-refractivity contribution in [3.63, 3.8) is 0 Å². The van der Waals surface area contributed by atoms with Crippen molar-refractivity contribution in [3.8, 4) is 5.75 Å². The van der Waals surface area contributed by atoms with E-state index in [4.69, 9.17) is 4.74 Å². The molecule has 0 bridgehead atoms. The molecule has 0 unspecified atom stereocenters. The van der Waals surface area contributed by atoms with Crippen LogP contribution in [-0.4, -0.2) is 49.7 Å². The van der Waals surface area contributed by atoms with E-state index in [9.17, 15) is 0 Å². The van der Waals surface area contributed by atoms with E-state index in [0.29, 0.717) is 6.61 Å². The average Bonchev–Trinajstić information content (AvgIpc) is 2.31. The van der Waals surface area contributed by atoms with Crippen LogP contribution in [0.15, 0.2) is 18.3 Å². The lowest BCUT2D eigenvalue weighted by molar-refractivity contribution is 0.311. The molecule has 1 aliphatic heterocycles. The Kier molecular flexibility index (Phi) is 3.62. The zero-order valence-corrected chi connectivity index (χ0v) is 10.0. The topological polar surface area (TPSA) is 28.6 Å². The first-order chi connectivity index (χ1) is 7.79. The van der Waals surface area contributed by atoms with E-state index in [2.05, 4.69) is 21.8 Å². The number of ether oxygens (including phenoxy) is 1. The lowest BCUT2D eigenvalue weighted by Crippen LogP contribution is -2.44. The molecule has 0 atom stereocenters. The molecule has 88 valence electrons. The summed E-state index contributed by atoms with van der Waals surface area (Å²) in [4.78, 5) is 9.04. The fraction of sp³-hybridized carbons (Fsp3) is 0.583. The quantitative estimate of drug-likeness (QED) is 0.767. The number of likely N-dealkylation sites (N-methyl/N-ethyl adjacent to an activating group) is 1. The summed E-state index contributed by atoms with van der Waals surface area (Å²) in [5.74, 6) is 1.94. The van der Waals surface area contributed by atoms with E-state index < -0.39 is 0 Å². The fourth-order valence-electron chi connectivity index (χ4n) is 1.86. The summed E-state index contributed by atoms with van der Waals surface area (Å²) >= 11 is 0. The lowest BCUT2D eigenvalue weighted by atomic mass is 10.3. The first-order valence-electron chi connectivity index (χ1n) is 5.82. The number of aromatic nitrogens is 1. The van der Waals surface area contributed by atoms with E-state index in [1.54, 1.807) is 0 Å². The number of piperazine rings is 1. The summed E-state index contributed by atoms with van der Waals surface area (Å²) < 4.78 is 5.48. The molecular weight excluding hydrogens is 202 g/mol. The average molecular weight is 221 g/mol. The van der Waals surface area contributed by atoms with Crippen LogP contribution in [0.3, 0.4) is 0 Å². The Morgan fingerprint density at radius 1 is 1.31 bits per heavy atom. The van der Waals surface area contributed by atoms with Gasteiger partial charge in [-0.25, -0.2) is 4.98 Å². The van der Waals surface area contributed by atoms with Gasteiger partial charge in [0.1, 0.15) is 11.6 Å². The van der Waals surface area contributed by atoms with Gasteiger partial charge in [-0.1, -0.05) is 0 Å². The van der Waals surface area contributed by atoms with Crippen LogP contribution in [0.25, 0.3) is 0 Å². The second-order valence-corrected chi connectivity index (χ2v) is 4.07. The predicted octanol–water partition coefficient (Wildman–Crippen LogP) is 1.23. The SMILES string of the molecule is CCOc1ccnc(N2CCN(C)CC2)c1. The van der Waals surface area contributed by atoms with E-state index in [0.717, 1.165) is 37.7 Å². The summed E-state index contributed by atoms with van der Waals surface area (Å²) in [6.07, 6.45) is 1.82. The highest BCUT2D eigenvalue weighted by Gasteiger charge is 2.15. The van der Waals surface area contributed by atoms with Gasteiger partial charge in [0.15, 0.2) is 0 Å². The molecule has 2 rings (SSSR count). The molecule has 0 N–H and O–H groups in total. The molecule has 16 heavy (non-hydrogen) atoms. The normalized spacial score (nSPS) is 17.5. The third-order valence-electron chi connectivity index (χ3n) is 2.86. The smallest absolute Gasteiger partial charge is 0.132 e. The number of rotatable bonds is 3. The fourth-order valence-corrected chi connectivity index (χ4v) is 1.86. The minimum atomic E-state index is 0.701. The number of pyridine rings is 1. The second kappa shape index (κ2) is 5.16. The molecule has 2 heterocycles. The van der Waals surface area contributed by atoms with Crippen LogP contribution < -0.4 is 9.64 Å². The van der Waals surface area contributed by atoms with Gasteiger partial charge in [-0.3, -0.25) is 0 Å². The molecule has 0 radical (unpaired) electrons. The number of hydrogen-bond donors (Lipinski definition) is 0. The molecule has 0 aromatic carbocycles. The van der Waals surface area contributed by atoms with Gasteiger partial charge in [0.05, 0.1) is 6.61 Å². The molecule has 0 aliphatic carbocycles. The molecule has 0 saturated carbocycles. The Morgan fingerprint density at radius 2 is 2.06 bits per heavy atom. The molecule has 1 aromatic heterocycles. The highest BCUT2D eigenvalue weighted by molar-refractivity contribution is 5.44. The predicted molar refractivity (Wildman–Crippen MR) is 65.1 cm³/mol.